The molecule has 0 saturated heterocycles. The van der Waals surface area contributed by atoms with Crippen molar-refractivity contribution in [3.8, 4) is 0 Å². The van der Waals surface area contributed by atoms with Crippen molar-refractivity contribution in [2.45, 2.75) is 26.7 Å². The molecule has 0 aliphatic carbocycles. The number of carbonyl (C=O) groups is 3. The van der Waals surface area contributed by atoms with Gasteiger partial charge in [-0.1, -0.05) is 30.3 Å². The van der Waals surface area contributed by atoms with Gasteiger partial charge in [0.25, 0.3) is 0 Å². The zero-order valence-corrected chi connectivity index (χ0v) is 17.6. The highest BCUT2D eigenvalue weighted by Crippen LogP contribution is 2.34. The number of anilines is 1. The summed E-state index contributed by atoms with van der Waals surface area (Å²) in [5.74, 6) is -1.41. The highest BCUT2D eigenvalue weighted by Gasteiger charge is 2.27. The molecule has 0 aliphatic rings. The lowest BCUT2D eigenvalue weighted by Gasteiger charge is -2.07. The number of carbonyl (C=O) groups excluding carboxylic acids is 3. The third kappa shape index (κ3) is 6.40. The summed E-state index contributed by atoms with van der Waals surface area (Å²) in [6.07, 6.45) is 0.814. The molecule has 8 heteroatoms. The summed E-state index contributed by atoms with van der Waals surface area (Å²) >= 11 is 1.01. The topological polar surface area (TPSA) is 90.9 Å². The molecule has 1 aromatic carbocycles. The summed E-state index contributed by atoms with van der Waals surface area (Å²) in [7, 11) is 1.51. The third-order valence-electron chi connectivity index (χ3n) is 4.07. The Hall–Kier alpha value is -2.71. The van der Waals surface area contributed by atoms with Gasteiger partial charge < -0.3 is 19.5 Å². The van der Waals surface area contributed by atoms with E-state index in [4.69, 9.17) is 14.2 Å². The third-order valence-corrected chi connectivity index (χ3v) is 5.26. The minimum atomic E-state index is -0.587. The molecule has 2 aromatic rings. The van der Waals surface area contributed by atoms with Crippen molar-refractivity contribution >= 4 is 34.2 Å². The highest BCUT2D eigenvalue weighted by molar-refractivity contribution is 7.18. The number of benzene rings is 1. The van der Waals surface area contributed by atoms with E-state index in [1.54, 1.807) is 13.8 Å². The molecule has 0 saturated carbocycles. The van der Waals surface area contributed by atoms with Crippen LogP contribution in [-0.2, 0) is 25.4 Å². The number of hydrogen-bond donors (Lipinski definition) is 1. The molecule has 0 unspecified atom stereocenters. The zero-order chi connectivity index (χ0) is 21.2. The van der Waals surface area contributed by atoms with E-state index in [1.165, 1.54) is 7.11 Å². The second kappa shape index (κ2) is 11.3. The Morgan fingerprint density at radius 3 is 2.41 bits per heavy atom. The number of ether oxygens (including phenoxy) is 3. The normalized spacial score (nSPS) is 10.4. The average molecular weight is 419 g/mol. The van der Waals surface area contributed by atoms with Crippen LogP contribution in [0.1, 0.15) is 44.5 Å². The van der Waals surface area contributed by atoms with Gasteiger partial charge in [-0.2, -0.15) is 0 Å². The summed E-state index contributed by atoms with van der Waals surface area (Å²) in [5.41, 5.74) is 1.65. The average Bonchev–Trinajstić information content (AvgIpc) is 3.03. The molecule has 0 bridgehead atoms. The fraction of sp³-hybridized carbons (Fsp3) is 0.381. The second-order valence-corrected chi connectivity index (χ2v) is 7.16. The van der Waals surface area contributed by atoms with Gasteiger partial charge in [-0.3, -0.25) is 4.79 Å². The SMILES string of the molecule is CCOC(=O)c1c(NC(=O)CCc2ccccc2)sc(C(=O)OCCOC)c1C. The van der Waals surface area contributed by atoms with Gasteiger partial charge in [-0.05, 0) is 31.4 Å². The van der Waals surface area contributed by atoms with E-state index in [0.717, 1.165) is 16.9 Å². The van der Waals surface area contributed by atoms with E-state index in [2.05, 4.69) is 5.32 Å². The Kier molecular flexibility index (Phi) is 8.82. The predicted molar refractivity (Wildman–Crippen MR) is 111 cm³/mol. The van der Waals surface area contributed by atoms with E-state index in [-0.39, 0.29) is 47.6 Å². The summed E-state index contributed by atoms with van der Waals surface area (Å²) in [6.45, 7) is 3.88. The van der Waals surface area contributed by atoms with Crippen LogP contribution in [0.3, 0.4) is 0 Å². The molecule has 1 aromatic heterocycles. The lowest BCUT2D eigenvalue weighted by Crippen LogP contribution is -2.15. The number of thiophene rings is 1. The van der Waals surface area contributed by atoms with Gasteiger partial charge in [0, 0.05) is 13.5 Å². The van der Waals surface area contributed by atoms with E-state index in [0.29, 0.717) is 12.0 Å². The van der Waals surface area contributed by atoms with Gasteiger partial charge in [0.15, 0.2) is 0 Å². The summed E-state index contributed by atoms with van der Waals surface area (Å²) in [6, 6.07) is 9.63. The molecule has 1 heterocycles. The van der Waals surface area contributed by atoms with Gasteiger partial charge in [0.2, 0.25) is 5.91 Å². The van der Waals surface area contributed by atoms with Crippen molar-refractivity contribution in [2.24, 2.45) is 0 Å². The molecule has 0 atom stereocenters. The molecule has 0 radical (unpaired) electrons. The first-order chi connectivity index (χ1) is 14.0. The number of amides is 1. The van der Waals surface area contributed by atoms with Crippen molar-refractivity contribution < 1.29 is 28.6 Å². The van der Waals surface area contributed by atoms with Gasteiger partial charge >= 0.3 is 11.9 Å². The molecule has 1 amide bonds. The van der Waals surface area contributed by atoms with Crippen LogP contribution < -0.4 is 5.32 Å². The summed E-state index contributed by atoms with van der Waals surface area (Å²) in [4.78, 5) is 37.4. The molecular weight excluding hydrogens is 394 g/mol. The van der Waals surface area contributed by atoms with Crippen LogP contribution in [-0.4, -0.2) is 44.8 Å². The van der Waals surface area contributed by atoms with Gasteiger partial charge in [-0.15, -0.1) is 11.3 Å². The van der Waals surface area contributed by atoms with E-state index in [1.807, 2.05) is 30.3 Å². The fourth-order valence-corrected chi connectivity index (χ4v) is 3.73. The van der Waals surface area contributed by atoms with Crippen molar-refractivity contribution in [3.05, 3.63) is 51.9 Å². The summed E-state index contributed by atoms with van der Waals surface area (Å²) in [5, 5.41) is 3.04. The Morgan fingerprint density at radius 1 is 1.03 bits per heavy atom. The molecule has 2 rings (SSSR count). The van der Waals surface area contributed by atoms with Crippen LogP contribution in [0, 0.1) is 6.92 Å². The Labute approximate surface area is 174 Å². The van der Waals surface area contributed by atoms with Gasteiger partial charge in [0.05, 0.1) is 18.8 Å². The molecule has 156 valence electrons. The van der Waals surface area contributed by atoms with Crippen LogP contribution in [0.5, 0.6) is 0 Å². The lowest BCUT2D eigenvalue weighted by molar-refractivity contribution is -0.116. The number of hydrogen-bond acceptors (Lipinski definition) is 7. The van der Waals surface area contributed by atoms with Crippen LogP contribution >= 0.6 is 11.3 Å². The molecule has 0 fully saturated rings. The maximum atomic E-state index is 12.4. The van der Waals surface area contributed by atoms with Gasteiger partial charge in [0.1, 0.15) is 16.5 Å². The molecule has 29 heavy (non-hydrogen) atoms. The fourth-order valence-electron chi connectivity index (χ4n) is 2.62. The zero-order valence-electron chi connectivity index (χ0n) is 16.8. The number of nitrogens with one attached hydrogen (secondary N) is 1. The Bertz CT molecular complexity index is 846. The maximum Gasteiger partial charge on any atom is 0.348 e. The standard InChI is InChI=1S/C21H25NO6S/c1-4-27-20(24)17-14(2)18(21(25)28-13-12-26-3)29-19(17)22-16(23)11-10-15-8-6-5-7-9-15/h5-9H,4,10-13H2,1-3H3,(H,22,23). The molecule has 1 N–H and O–H groups in total. The van der Waals surface area contributed by atoms with Gasteiger partial charge in [-0.25, -0.2) is 9.59 Å². The van der Waals surface area contributed by atoms with Crippen LogP contribution in [0.4, 0.5) is 5.00 Å². The van der Waals surface area contributed by atoms with Crippen molar-refractivity contribution in [1.29, 1.82) is 0 Å². The van der Waals surface area contributed by atoms with E-state index >= 15 is 0 Å². The van der Waals surface area contributed by atoms with Crippen LogP contribution in [0.25, 0.3) is 0 Å². The largest absolute Gasteiger partial charge is 0.462 e. The number of rotatable bonds is 10. The molecular formula is C21H25NO6S. The van der Waals surface area contributed by atoms with Crippen molar-refractivity contribution in [2.75, 3.05) is 32.2 Å². The molecule has 7 nitrogen and oxygen atoms in total. The quantitative estimate of drug-likeness (QED) is 0.467. The predicted octanol–water partition coefficient (Wildman–Crippen LogP) is 3.61. The number of esters is 2. The van der Waals surface area contributed by atoms with Crippen molar-refractivity contribution in [1.82, 2.24) is 0 Å². The Balaban J connectivity index is 2.17. The Morgan fingerprint density at radius 2 is 1.76 bits per heavy atom. The monoisotopic (exact) mass is 419 g/mol. The highest BCUT2D eigenvalue weighted by atomic mass is 32.1. The first-order valence-electron chi connectivity index (χ1n) is 9.28. The van der Waals surface area contributed by atoms with Crippen LogP contribution in [0.2, 0.25) is 0 Å². The molecule has 0 aliphatic heterocycles. The van der Waals surface area contributed by atoms with E-state index in [9.17, 15) is 14.4 Å². The number of methoxy groups -OCH3 is 1. The van der Waals surface area contributed by atoms with E-state index < -0.39 is 11.9 Å². The summed E-state index contributed by atoms with van der Waals surface area (Å²) < 4.78 is 15.1. The van der Waals surface area contributed by atoms with Crippen molar-refractivity contribution in [3.63, 3.8) is 0 Å². The minimum absolute atomic E-state index is 0.0974. The first kappa shape index (κ1) is 22.6. The maximum absolute atomic E-state index is 12.4. The lowest BCUT2D eigenvalue weighted by atomic mass is 10.1. The second-order valence-electron chi connectivity index (χ2n) is 6.14. The smallest absolute Gasteiger partial charge is 0.348 e. The first-order valence-corrected chi connectivity index (χ1v) is 10.1. The number of aryl methyl sites for hydroxylation is 1. The molecule has 0 spiro atoms. The minimum Gasteiger partial charge on any atom is -0.462 e. The van der Waals surface area contributed by atoms with Crippen LogP contribution in [0.15, 0.2) is 30.3 Å².